The maximum Gasteiger partial charge on any atom is 0.229 e. The fraction of sp³-hybridized carbons (Fsp3) is 0.320. The summed E-state index contributed by atoms with van der Waals surface area (Å²) in [6.07, 6.45) is 1.96. The molecule has 186 valence electrons. The van der Waals surface area contributed by atoms with Crippen LogP contribution in [-0.4, -0.2) is 42.6 Å². The van der Waals surface area contributed by atoms with Gasteiger partial charge in [0.05, 0.1) is 19.0 Å². The molecule has 3 rings (SSSR count). The highest BCUT2D eigenvalue weighted by molar-refractivity contribution is 6.32. The molecule has 0 aliphatic rings. The van der Waals surface area contributed by atoms with Gasteiger partial charge in [-0.1, -0.05) is 30.7 Å². The lowest BCUT2D eigenvalue weighted by molar-refractivity contribution is -0.115. The molecular weight excluding hydrogens is 466 g/mol. The van der Waals surface area contributed by atoms with Crippen molar-refractivity contribution in [2.45, 2.75) is 26.8 Å². The Kier molecular flexibility index (Phi) is 9.51. The minimum Gasteiger partial charge on any atom is -0.494 e. The average molecular weight is 498 g/mol. The Labute approximate surface area is 211 Å². The fourth-order valence-corrected chi connectivity index (χ4v) is 3.63. The lowest BCUT2D eigenvalue weighted by atomic mass is 10.2. The van der Waals surface area contributed by atoms with Gasteiger partial charge in [-0.15, -0.1) is 0 Å². The Balaban J connectivity index is 1.73. The zero-order valence-electron chi connectivity index (χ0n) is 20.3. The van der Waals surface area contributed by atoms with Crippen molar-refractivity contribution >= 4 is 46.3 Å². The summed E-state index contributed by atoms with van der Waals surface area (Å²) in [4.78, 5) is 22.7. The molecule has 0 radical (unpaired) electrons. The largest absolute Gasteiger partial charge is 0.494 e. The summed E-state index contributed by atoms with van der Waals surface area (Å²) in [5, 5.41) is 9.70. The lowest BCUT2D eigenvalue weighted by Crippen LogP contribution is -2.29. The van der Waals surface area contributed by atoms with Gasteiger partial charge in [0.1, 0.15) is 10.8 Å². The van der Waals surface area contributed by atoms with Crippen LogP contribution in [0.5, 0.6) is 5.75 Å². The van der Waals surface area contributed by atoms with Crippen LogP contribution < -0.4 is 31.3 Å². The SMILES string of the molecule is CCC(=O)Nc1cccc(CNc2nc(Nc3ccc(N(CC)CCN)cc3OC)ncc2Cl)c1. The third-order valence-corrected chi connectivity index (χ3v) is 5.59. The average Bonchev–Trinajstić information content (AvgIpc) is 2.88. The van der Waals surface area contributed by atoms with Crippen molar-refractivity contribution < 1.29 is 9.53 Å². The number of nitrogens with two attached hydrogens (primary N) is 1. The number of hydrogen-bond acceptors (Lipinski definition) is 8. The minimum atomic E-state index is -0.0325. The molecule has 0 spiro atoms. The number of nitrogens with one attached hydrogen (secondary N) is 3. The van der Waals surface area contributed by atoms with E-state index < -0.39 is 0 Å². The normalized spacial score (nSPS) is 10.5. The second-order valence-electron chi connectivity index (χ2n) is 7.72. The van der Waals surface area contributed by atoms with Gasteiger partial charge >= 0.3 is 0 Å². The Hall–Kier alpha value is -3.56. The van der Waals surface area contributed by atoms with Gasteiger partial charge in [-0.3, -0.25) is 4.79 Å². The molecular formula is C25H32ClN7O2. The predicted octanol–water partition coefficient (Wildman–Crippen LogP) is 4.63. The summed E-state index contributed by atoms with van der Waals surface area (Å²) in [7, 11) is 1.62. The van der Waals surface area contributed by atoms with Gasteiger partial charge in [-0.2, -0.15) is 4.98 Å². The van der Waals surface area contributed by atoms with Crippen LogP contribution in [0.3, 0.4) is 0 Å². The summed E-state index contributed by atoms with van der Waals surface area (Å²) < 4.78 is 5.59. The zero-order valence-corrected chi connectivity index (χ0v) is 21.0. The van der Waals surface area contributed by atoms with Gasteiger partial charge < -0.3 is 31.3 Å². The molecule has 0 saturated heterocycles. The van der Waals surface area contributed by atoms with E-state index in [2.05, 4.69) is 37.7 Å². The Bertz CT molecular complexity index is 1140. The number of ether oxygens (including phenoxy) is 1. The zero-order chi connectivity index (χ0) is 25.2. The van der Waals surface area contributed by atoms with Crippen molar-refractivity contribution in [3.63, 3.8) is 0 Å². The van der Waals surface area contributed by atoms with E-state index in [0.717, 1.165) is 35.7 Å². The highest BCUT2D eigenvalue weighted by atomic mass is 35.5. The van der Waals surface area contributed by atoms with E-state index in [9.17, 15) is 4.79 Å². The molecule has 2 aromatic carbocycles. The monoisotopic (exact) mass is 497 g/mol. The van der Waals surface area contributed by atoms with Crippen LogP contribution in [0.15, 0.2) is 48.7 Å². The van der Waals surface area contributed by atoms with Gasteiger partial charge in [-0.05, 0) is 36.8 Å². The van der Waals surface area contributed by atoms with Gasteiger partial charge in [-0.25, -0.2) is 4.98 Å². The highest BCUT2D eigenvalue weighted by Gasteiger charge is 2.12. The molecule has 0 aliphatic carbocycles. The first-order valence-corrected chi connectivity index (χ1v) is 11.9. The number of halogens is 1. The van der Waals surface area contributed by atoms with Crippen LogP contribution in [0.2, 0.25) is 5.02 Å². The van der Waals surface area contributed by atoms with E-state index in [0.29, 0.717) is 42.0 Å². The van der Waals surface area contributed by atoms with Crippen LogP contribution in [0, 0.1) is 0 Å². The van der Waals surface area contributed by atoms with E-state index in [1.54, 1.807) is 7.11 Å². The summed E-state index contributed by atoms with van der Waals surface area (Å²) in [5.74, 6) is 1.50. The molecule has 0 fully saturated rings. The van der Waals surface area contributed by atoms with Crippen molar-refractivity contribution in [1.29, 1.82) is 0 Å². The summed E-state index contributed by atoms with van der Waals surface area (Å²) >= 11 is 6.33. The van der Waals surface area contributed by atoms with E-state index >= 15 is 0 Å². The Morgan fingerprint density at radius 2 is 2.03 bits per heavy atom. The van der Waals surface area contributed by atoms with Crippen molar-refractivity contribution in [2.75, 3.05) is 47.6 Å². The van der Waals surface area contributed by atoms with Gasteiger partial charge in [0.15, 0.2) is 5.82 Å². The number of benzene rings is 2. The Morgan fingerprint density at radius 1 is 1.20 bits per heavy atom. The van der Waals surface area contributed by atoms with E-state index in [1.165, 1.54) is 6.20 Å². The number of methoxy groups -OCH3 is 1. The Morgan fingerprint density at radius 3 is 2.74 bits per heavy atom. The molecule has 10 heteroatoms. The first-order valence-electron chi connectivity index (χ1n) is 11.5. The third kappa shape index (κ3) is 7.21. The number of hydrogen-bond donors (Lipinski definition) is 4. The molecule has 0 unspecified atom stereocenters. The summed E-state index contributed by atoms with van der Waals surface area (Å²) in [6, 6.07) is 13.5. The maximum atomic E-state index is 11.7. The highest BCUT2D eigenvalue weighted by Crippen LogP contribution is 2.32. The van der Waals surface area contributed by atoms with Crippen LogP contribution >= 0.6 is 11.6 Å². The number of amides is 1. The lowest BCUT2D eigenvalue weighted by Gasteiger charge is -2.23. The first-order chi connectivity index (χ1) is 17.0. The van der Waals surface area contributed by atoms with Crippen LogP contribution in [0.25, 0.3) is 0 Å². The second kappa shape index (κ2) is 12.8. The van der Waals surface area contributed by atoms with E-state index in [-0.39, 0.29) is 5.91 Å². The summed E-state index contributed by atoms with van der Waals surface area (Å²) in [5.41, 5.74) is 9.20. The number of carbonyl (C=O) groups is 1. The summed E-state index contributed by atoms with van der Waals surface area (Å²) in [6.45, 7) is 6.54. The fourth-order valence-electron chi connectivity index (χ4n) is 3.47. The third-order valence-electron chi connectivity index (χ3n) is 5.31. The standard InChI is InChI=1S/C25H32ClN7O2/c1-4-23(34)30-18-8-6-7-17(13-18)15-28-24-20(26)16-29-25(32-24)31-21-10-9-19(14-22(21)35-3)33(5-2)12-11-27/h6-10,13-14,16H,4-5,11-12,15,27H2,1-3H3,(H,30,34)(H2,28,29,31,32). The molecule has 9 nitrogen and oxygen atoms in total. The molecule has 0 aliphatic heterocycles. The second-order valence-corrected chi connectivity index (χ2v) is 8.13. The molecule has 1 aromatic heterocycles. The number of anilines is 5. The van der Waals surface area contributed by atoms with Crippen LogP contribution in [0.4, 0.5) is 28.8 Å². The number of rotatable bonds is 12. The molecule has 0 atom stereocenters. The van der Waals surface area contributed by atoms with Gasteiger partial charge in [0, 0.05) is 50.0 Å². The van der Waals surface area contributed by atoms with Crippen molar-refractivity contribution in [1.82, 2.24) is 9.97 Å². The van der Waals surface area contributed by atoms with Crippen molar-refractivity contribution in [3.8, 4) is 5.75 Å². The van der Waals surface area contributed by atoms with Crippen LogP contribution in [-0.2, 0) is 11.3 Å². The van der Waals surface area contributed by atoms with E-state index in [4.69, 9.17) is 22.1 Å². The number of carbonyl (C=O) groups excluding carboxylic acids is 1. The topological polar surface area (TPSA) is 117 Å². The molecule has 0 bridgehead atoms. The van der Waals surface area contributed by atoms with Gasteiger partial charge in [0.2, 0.25) is 11.9 Å². The molecule has 5 N–H and O–H groups in total. The number of nitrogens with zero attached hydrogens (tertiary/aromatic N) is 3. The number of likely N-dealkylation sites (N-methyl/N-ethyl adjacent to an activating group) is 1. The molecule has 0 saturated carbocycles. The predicted molar refractivity (Wildman–Crippen MR) is 143 cm³/mol. The molecule has 1 heterocycles. The van der Waals surface area contributed by atoms with Crippen molar-refractivity contribution in [3.05, 3.63) is 59.2 Å². The first kappa shape index (κ1) is 26.1. The van der Waals surface area contributed by atoms with Gasteiger partial charge in [0.25, 0.3) is 0 Å². The smallest absolute Gasteiger partial charge is 0.229 e. The molecule has 3 aromatic rings. The van der Waals surface area contributed by atoms with E-state index in [1.807, 2.05) is 49.4 Å². The van der Waals surface area contributed by atoms with Crippen LogP contribution in [0.1, 0.15) is 25.8 Å². The quantitative estimate of drug-likeness (QED) is 0.286. The molecule has 35 heavy (non-hydrogen) atoms. The maximum absolute atomic E-state index is 11.7. The van der Waals surface area contributed by atoms with Crippen molar-refractivity contribution in [2.24, 2.45) is 5.73 Å². The number of aromatic nitrogens is 2. The molecule has 1 amide bonds. The minimum absolute atomic E-state index is 0.0325.